The average Bonchev–Trinajstić information content (AvgIpc) is 2.24. The molecule has 0 aromatic carbocycles. The topological polar surface area (TPSA) is 81.7 Å². The molecule has 0 saturated carbocycles. The maximum absolute atomic E-state index is 11.6. The fraction of sp³-hybridized carbons (Fsp3) is 0.769. The number of ketones is 1. The van der Waals surface area contributed by atoms with E-state index >= 15 is 0 Å². The van der Waals surface area contributed by atoms with Crippen molar-refractivity contribution in [2.45, 2.75) is 52.7 Å². The molecule has 0 aliphatic carbocycles. The zero-order valence-corrected chi connectivity index (χ0v) is 12.4. The Bertz CT molecular complexity index is 343. The van der Waals surface area contributed by atoms with Crippen molar-refractivity contribution in [2.24, 2.45) is 5.92 Å². The normalized spacial score (nSPS) is 12.8. The van der Waals surface area contributed by atoms with E-state index in [0.717, 1.165) is 0 Å². The lowest BCUT2D eigenvalue weighted by molar-refractivity contribution is -0.144. The first-order chi connectivity index (χ1) is 8.56. The summed E-state index contributed by atoms with van der Waals surface area (Å²) in [5.41, 5.74) is -0.674. The fourth-order valence-electron chi connectivity index (χ4n) is 1.22. The number of amides is 1. The van der Waals surface area contributed by atoms with E-state index in [1.54, 1.807) is 34.6 Å². The van der Waals surface area contributed by atoms with E-state index in [2.05, 4.69) is 10.1 Å². The molecule has 19 heavy (non-hydrogen) atoms. The van der Waals surface area contributed by atoms with Gasteiger partial charge in [-0.15, -0.1) is 0 Å². The minimum Gasteiger partial charge on any atom is -0.467 e. The van der Waals surface area contributed by atoms with Gasteiger partial charge in [0.1, 0.15) is 17.4 Å². The third-order valence-corrected chi connectivity index (χ3v) is 2.23. The Kier molecular flexibility index (Phi) is 6.52. The molecule has 0 unspecified atom stereocenters. The highest BCUT2D eigenvalue weighted by molar-refractivity contribution is 5.89. The Labute approximate surface area is 113 Å². The number of esters is 1. The highest BCUT2D eigenvalue weighted by Gasteiger charge is 2.27. The highest BCUT2D eigenvalue weighted by atomic mass is 16.6. The van der Waals surface area contributed by atoms with Crippen molar-refractivity contribution in [1.29, 1.82) is 0 Å². The molecule has 0 heterocycles. The molecule has 0 aromatic heterocycles. The molecule has 0 spiro atoms. The molecular formula is C13H23NO5. The van der Waals surface area contributed by atoms with Gasteiger partial charge in [0.05, 0.1) is 7.11 Å². The van der Waals surface area contributed by atoms with Crippen molar-refractivity contribution >= 4 is 17.8 Å². The van der Waals surface area contributed by atoms with E-state index in [1.807, 2.05) is 0 Å². The van der Waals surface area contributed by atoms with E-state index in [0.29, 0.717) is 0 Å². The van der Waals surface area contributed by atoms with Crippen LogP contribution in [0.1, 0.15) is 41.0 Å². The predicted molar refractivity (Wildman–Crippen MR) is 69.6 cm³/mol. The van der Waals surface area contributed by atoms with Gasteiger partial charge in [0.2, 0.25) is 0 Å². The zero-order valence-electron chi connectivity index (χ0n) is 12.4. The third kappa shape index (κ3) is 7.43. The Morgan fingerprint density at radius 2 is 1.68 bits per heavy atom. The summed E-state index contributed by atoms with van der Waals surface area (Å²) in [4.78, 5) is 34.8. The first-order valence-corrected chi connectivity index (χ1v) is 6.17. The van der Waals surface area contributed by atoms with Crippen LogP contribution in [0.25, 0.3) is 0 Å². The molecule has 0 aliphatic rings. The Balaban J connectivity index is 4.65. The predicted octanol–water partition coefficient (Wildman–Crippen LogP) is 1.67. The second-order valence-electron chi connectivity index (χ2n) is 5.55. The van der Waals surface area contributed by atoms with E-state index < -0.39 is 23.7 Å². The molecule has 0 radical (unpaired) electrons. The first kappa shape index (κ1) is 17.4. The molecule has 6 nitrogen and oxygen atoms in total. The summed E-state index contributed by atoms with van der Waals surface area (Å²) in [6, 6.07) is -1.02. The van der Waals surface area contributed by atoms with E-state index in [4.69, 9.17) is 4.74 Å². The molecular weight excluding hydrogens is 250 g/mol. The van der Waals surface area contributed by atoms with Crippen LogP contribution in [0.4, 0.5) is 4.79 Å². The molecule has 0 aliphatic heterocycles. The van der Waals surface area contributed by atoms with Gasteiger partial charge in [0.25, 0.3) is 0 Å². The number of Topliss-reactive ketones (excluding diaryl/α,β-unsaturated/α-hetero) is 1. The van der Waals surface area contributed by atoms with Crippen LogP contribution in [0.3, 0.4) is 0 Å². The van der Waals surface area contributed by atoms with Gasteiger partial charge in [0.15, 0.2) is 0 Å². The molecule has 6 heteroatoms. The Hall–Kier alpha value is -1.59. The summed E-state index contributed by atoms with van der Waals surface area (Å²) in [5, 5.41) is 2.35. The van der Waals surface area contributed by atoms with Gasteiger partial charge in [-0.2, -0.15) is 0 Å². The van der Waals surface area contributed by atoms with Gasteiger partial charge in [-0.05, 0) is 20.8 Å². The van der Waals surface area contributed by atoms with Gasteiger partial charge in [-0.25, -0.2) is 9.59 Å². The summed E-state index contributed by atoms with van der Waals surface area (Å²) in [6.07, 6.45) is -0.858. The van der Waals surface area contributed by atoms with Crippen LogP contribution in [0.5, 0.6) is 0 Å². The average molecular weight is 273 g/mol. The monoisotopic (exact) mass is 273 g/mol. The van der Waals surface area contributed by atoms with Crippen LogP contribution < -0.4 is 5.32 Å². The lowest BCUT2D eigenvalue weighted by atomic mass is 10.0. The minimum atomic E-state index is -1.02. The second-order valence-corrected chi connectivity index (χ2v) is 5.55. The summed E-state index contributed by atoms with van der Waals surface area (Å²) < 4.78 is 9.60. The standard InChI is InChI=1S/C13H23NO5/c1-8(2)10(15)7-9(11(16)18-6)14-12(17)19-13(3,4)5/h8-9H,7H2,1-6H3,(H,14,17)/t9-/m0/s1. The molecule has 0 bridgehead atoms. The van der Waals surface area contributed by atoms with Crippen LogP contribution in [0.15, 0.2) is 0 Å². The van der Waals surface area contributed by atoms with Gasteiger partial charge < -0.3 is 14.8 Å². The highest BCUT2D eigenvalue weighted by Crippen LogP contribution is 2.09. The number of carbonyl (C=O) groups is 3. The summed E-state index contributed by atoms with van der Waals surface area (Å²) in [6.45, 7) is 8.57. The first-order valence-electron chi connectivity index (χ1n) is 6.17. The number of hydrogen-bond acceptors (Lipinski definition) is 5. The SMILES string of the molecule is COC(=O)[C@H](CC(=O)C(C)C)NC(=O)OC(C)(C)C. The number of rotatable bonds is 5. The van der Waals surface area contributed by atoms with Gasteiger partial charge in [-0.3, -0.25) is 4.79 Å². The number of hydrogen-bond donors (Lipinski definition) is 1. The quantitative estimate of drug-likeness (QED) is 0.770. The van der Waals surface area contributed by atoms with Crippen LogP contribution in [-0.2, 0) is 19.1 Å². The van der Waals surface area contributed by atoms with Crippen molar-refractivity contribution in [2.75, 3.05) is 7.11 Å². The summed E-state index contributed by atoms with van der Waals surface area (Å²) in [7, 11) is 1.20. The van der Waals surface area contributed by atoms with Gasteiger partial charge in [0, 0.05) is 12.3 Å². The summed E-state index contributed by atoms with van der Waals surface area (Å²) >= 11 is 0. The number of alkyl carbamates (subject to hydrolysis) is 1. The van der Waals surface area contributed by atoms with Crippen LogP contribution >= 0.6 is 0 Å². The van der Waals surface area contributed by atoms with Gasteiger partial charge >= 0.3 is 12.1 Å². The molecule has 0 saturated heterocycles. The number of nitrogens with one attached hydrogen (secondary N) is 1. The molecule has 1 atom stereocenters. The second kappa shape index (κ2) is 7.11. The molecule has 1 amide bonds. The lowest BCUT2D eigenvalue weighted by Gasteiger charge is -2.22. The molecule has 0 aromatic rings. The van der Waals surface area contributed by atoms with E-state index in [-0.39, 0.29) is 18.1 Å². The van der Waals surface area contributed by atoms with Crippen molar-refractivity contribution < 1.29 is 23.9 Å². The van der Waals surface area contributed by atoms with Crippen molar-refractivity contribution in [3.63, 3.8) is 0 Å². The largest absolute Gasteiger partial charge is 0.467 e. The third-order valence-electron chi connectivity index (χ3n) is 2.23. The maximum Gasteiger partial charge on any atom is 0.408 e. The maximum atomic E-state index is 11.6. The number of methoxy groups -OCH3 is 1. The molecule has 1 N–H and O–H groups in total. The van der Waals surface area contributed by atoms with Crippen LogP contribution in [0.2, 0.25) is 0 Å². The van der Waals surface area contributed by atoms with Gasteiger partial charge in [-0.1, -0.05) is 13.8 Å². The van der Waals surface area contributed by atoms with E-state index in [1.165, 1.54) is 7.11 Å². The van der Waals surface area contributed by atoms with Crippen molar-refractivity contribution in [3.05, 3.63) is 0 Å². The zero-order chi connectivity index (χ0) is 15.2. The van der Waals surface area contributed by atoms with Crippen LogP contribution in [-0.4, -0.2) is 36.6 Å². The molecule has 110 valence electrons. The van der Waals surface area contributed by atoms with Crippen LogP contribution in [0, 0.1) is 5.92 Å². The smallest absolute Gasteiger partial charge is 0.408 e. The van der Waals surface area contributed by atoms with Crippen molar-refractivity contribution in [1.82, 2.24) is 5.32 Å². The summed E-state index contributed by atoms with van der Waals surface area (Å²) in [5.74, 6) is -1.01. The van der Waals surface area contributed by atoms with E-state index in [9.17, 15) is 14.4 Å². The molecule has 0 rings (SSSR count). The number of carbonyl (C=O) groups excluding carboxylic acids is 3. The van der Waals surface area contributed by atoms with Crippen molar-refractivity contribution in [3.8, 4) is 0 Å². The molecule has 0 fully saturated rings. The fourth-order valence-corrected chi connectivity index (χ4v) is 1.22. The lowest BCUT2D eigenvalue weighted by Crippen LogP contribution is -2.45. The number of ether oxygens (including phenoxy) is 2. The Morgan fingerprint density at radius 3 is 2.05 bits per heavy atom. The Morgan fingerprint density at radius 1 is 1.16 bits per heavy atom. The minimum absolute atomic E-state index is 0.108.